The van der Waals surface area contributed by atoms with Crippen molar-refractivity contribution in [3.63, 3.8) is 0 Å². The average Bonchev–Trinajstić information content (AvgIpc) is 2.42. The molecular formula is C12H19ClS. The summed E-state index contributed by atoms with van der Waals surface area (Å²) < 4.78 is 0.919. The topological polar surface area (TPSA) is 0 Å². The smallest absolute Gasteiger partial charge is 0.0934 e. The van der Waals surface area contributed by atoms with Gasteiger partial charge in [-0.15, -0.1) is 11.3 Å². The molecule has 0 N–H and O–H groups in total. The van der Waals surface area contributed by atoms with Crippen LogP contribution in [0.2, 0.25) is 4.34 Å². The average molecular weight is 231 g/mol. The third-order valence-corrected chi connectivity index (χ3v) is 3.95. The summed E-state index contributed by atoms with van der Waals surface area (Å²) in [6.45, 7) is 9.03. The van der Waals surface area contributed by atoms with Crippen LogP contribution in [0.1, 0.15) is 50.5 Å². The van der Waals surface area contributed by atoms with Gasteiger partial charge >= 0.3 is 0 Å². The second-order valence-corrected chi connectivity index (χ2v) is 6.40. The van der Waals surface area contributed by atoms with Crippen LogP contribution in [-0.4, -0.2) is 0 Å². The Labute approximate surface area is 96.3 Å². The van der Waals surface area contributed by atoms with Crippen LogP contribution < -0.4 is 0 Å². The Hall–Kier alpha value is -0.0100. The second-order valence-electron chi connectivity index (χ2n) is 4.51. The number of aryl methyl sites for hydroxylation is 1. The molecule has 14 heavy (non-hydrogen) atoms. The van der Waals surface area contributed by atoms with Crippen LogP contribution >= 0.6 is 22.9 Å². The van der Waals surface area contributed by atoms with Crippen molar-refractivity contribution in [3.8, 4) is 0 Å². The van der Waals surface area contributed by atoms with Crippen molar-refractivity contribution in [1.82, 2.24) is 0 Å². The van der Waals surface area contributed by atoms with Crippen LogP contribution in [0.25, 0.3) is 0 Å². The molecule has 1 aromatic rings. The van der Waals surface area contributed by atoms with Gasteiger partial charge in [0.05, 0.1) is 4.34 Å². The Morgan fingerprint density at radius 3 is 2.50 bits per heavy atom. The number of hydrogen-bond donors (Lipinski definition) is 0. The molecule has 0 radical (unpaired) electrons. The van der Waals surface area contributed by atoms with Gasteiger partial charge in [-0.1, -0.05) is 45.2 Å². The molecule has 0 saturated carbocycles. The molecule has 0 atom stereocenters. The molecule has 1 rings (SSSR count). The number of rotatable bonds is 4. The molecule has 80 valence electrons. The first-order valence-electron chi connectivity index (χ1n) is 5.24. The molecule has 0 saturated heterocycles. The first kappa shape index (κ1) is 12.1. The van der Waals surface area contributed by atoms with E-state index in [9.17, 15) is 0 Å². The van der Waals surface area contributed by atoms with Gasteiger partial charge in [0.15, 0.2) is 0 Å². The third kappa shape index (κ3) is 2.74. The molecule has 0 spiro atoms. The van der Waals surface area contributed by atoms with E-state index >= 15 is 0 Å². The molecule has 0 aromatic carbocycles. The maximum Gasteiger partial charge on any atom is 0.0934 e. The van der Waals surface area contributed by atoms with Gasteiger partial charge in [0.2, 0.25) is 0 Å². The number of thiophene rings is 1. The lowest BCUT2D eigenvalue weighted by Crippen LogP contribution is -2.16. The largest absolute Gasteiger partial charge is 0.128 e. The quantitative estimate of drug-likeness (QED) is 0.669. The molecule has 0 nitrogen and oxygen atoms in total. The zero-order chi connectivity index (χ0) is 10.8. The Morgan fingerprint density at radius 1 is 1.43 bits per heavy atom. The van der Waals surface area contributed by atoms with Crippen molar-refractivity contribution in [3.05, 3.63) is 20.8 Å². The van der Waals surface area contributed by atoms with E-state index in [1.807, 2.05) is 0 Å². The summed E-state index contributed by atoms with van der Waals surface area (Å²) in [4.78, 5) is 1.37. The highest BCUT2D eigenvalue weighted by molar-refractivity contribution is 7.16. The van der Waals surface area contributed by atoms with Crippen LogP contribution in [0, 0.1) is 6.92 Å². The Kier molecular flexibility index (Phi) is 4.03. The Bertz CT molecular complexity index is 299. The summed E-state index contributed by atoms with van der Waals surface area (Å²) >= 11 is 7.72. The van der Waals surface area contributed by atoms with Gasteiger partial charge < -0.3 is 0 Å². The summed E-state index contributed by atoms with van der Waals surface area (Å²) in [6.07, 6.45) is 3.80. The van der Waals surface area contributed by atoms with Crippen molar-refractivity contribution in [1.29, 1.82) is 0 Å². The van der Waals surface area contributed by atoms with Gasteiger partial charge in [0.25, 0.3) is 0 Å². The highest BCUT2D eigenvalue weighted by atomic mass is 35.5. The van der Waals surface area contributed by atoms with E-state index in [-0.39, 0.29) is 5.41 Å². The molecule has 0 fully saturated rings. The molecule has 0 aliphatic heterocycles. The molecule has 0 aliphatic rings. The fraction of sp³-hybridized carbons (Fsp3) is 0.667. The summed E-state index contributed by atoms with van der Waals surface area (Å²) in [5.74, 6) is 0. The Balaban J connectivity index is 2.85. The van der Waals surface area contributed by atoms with E-state index in [2.05, 4.69) is 33.8 Å². The second kappa shape index (κ2) is 4.67. The predicted molar refractivity (Wildman–Crippen MR) is 66.6 cm³/mol. The maximum absolute atomic E-state index is 6.02. The molecule has 0 amide bonds. The van der Waals surface area contributed by atoms with Gasteiger partial charge in [0.1, 0.15) is 0 Å². The molecule has 0 unspecified atom stereocenters. The highest BCUT2D eigenvalue weighted by Crippen LogP contribution is 2.37. The lowest BCUT2D eigenvalue weighted by atomic mass is 9.80. The summed E-state index contributed by atoms with van der Waals surface area (Å²) in [7, 11) is 0. The number of unbranched alkanes of at least 4 members (excludes halogenated alkanes) is 1. The van der Waals surface area contributed by atoms with E-state index in [1.165, 1.54) is 29.7 Å². The fourth-order valence-electron chi connectivity index (χ4n) is 1.87. The van der Waals surface area contributed by atoms with Gasteiger partial charge in [0, 0.05) is 4.88 Å². The minimum atomic E-state index is 0.281. The van der Waals surface area contributed by atoms with Crippen LogP contribution in [-0.2, 0) is 5.41 Å². The number of halogens is 1. The minimum Gasteiger partial charge on any atom is -0.128 e. The van der Waals surface area contributed by atoms with Crippen molar-refractivity contribution in [2.75, 3.05) is 0 Å². The fourth-order valence-corrected chi connectivity index (χ4v) is 3.24. The van der Waals surface area contributed by atoms with Crippen LogP contribution in [0.4, 0.5) is 0 Å². The van der Waals surface area contributed by atoms with Gasteiger partial charge in [-0.25, -0.2) is 0 Å². The normalized spacial score (nSPS) is 12.1. The van der Waals surface area contributed by atoms with Gasteiger partial charge in [-0.3, -0.25) is 0 Å². The van der Waals surface area contributed by atoms with Crippen molar-refractivity contribution in [2.24, 2.45) is 0 Å². The molecule has 1 aromatic heterocycles. The van der Waals surface area contributed by atoms with Crippen molar-refractivity contribution in [2.45, 2.75) is 52.4 Å². The van der Waals surface area contributed by atoms with Crippen molar-refractivity contribution >= 4 is 22.9 Å². The van der Waals surface area contributed by atoms with Crippen LogP contribution in [0.15, 0.2) is 6.07 Å². The summed E-state index contributed by atoms with van der Waals surface area (Å²) in [5.41, 5.74) is 1.71. The molecule has 0 aliphatic carbocycles. The van der Waals surface area contributed by atoms with Crippen molar-refractivity contribution < 1.29 is 0 Å². The Morgan fingerprint density at radius 2 is 2.07 bits per heavy atom. The minimum absolute atomic E-state index is 0.281. The zero-order valence-corrected chi connectivity index (χ0v) is 11.1. The lowest BCUT2D eigenvalue weighted by molar-refractivity contribution is 0.457. The first-order chi connectivity index (χ1) is 6.47. The maximum atomic E-state index is 6.02. The monoisotopic (exact) mass is 230 g/mol. The summed E-state index contributed by atoms with van der Waals surface area (Å²) in [5, 5.41) is 0. The lowest BCUT2D eigenvalue weighted by Gasteiger charge is -2.24. The number of hydrogen-bond acceptors (Lipinski definition) is 1. The third-order valence-electron chi connectivity index (χ3n) is 2.77. The van der Waals surface area contributed by atoms with E-state index in [0.717, 1.165) is 4.34 Å². The van der Waals surface area contributed by atoms with E-state index in [1.54, 1.807) is 11.3 Å². The molecule has 1 heterocycles. The predicted octanol–water partition coefficient (Wildman–Crippen LogP) is 5.18. The SMILES string of the molecule is CCCCC(C)(C)c1cc(Cl)sc1C. The van der Waals surface area contributed by atoms with Gasteiger partial charge in [-0.2, -0.15) is 0 Å². The summed E-state index contributed by atoms with van der Waals surface area (Å²) in [6, 6.07) is 2.14. The van der Waals surface area contributed by atoms with Crippen LogP contribution in [0.3, 0.4) is 0 Å². The standard InChI is InChI=1S/C12H19ClS/c1-5-6-7-12(3,4)10-8-11(13)14-9(10)2/h8H,5-7H2,1-4H3. The van der Waals surface area contributed by atoms with E-state index in [0.29, 0.717) is 0 Å². The molecule has 0 bridgehead atoms. The molecular weight excluding hydrogens is 212 g/mol. The zero-order valence-electron chi connectivity index (χ0n) is 9.48. The molecule has 2 heteroatoms. The van der Waals surface area contributed by atoms with E-state index in [4.69, 9.17) is 11.6 Å². The first-order valence-corrected chi connectivity index (χ1v) is 6.43. The van der Waals surface area contributed by atoms with Gasteiger partial charge in [-0.05, 0) is 30.4 Å². The van der Waals surface area contributed by atoms with Crippen LogP contribution in [0.5, 0.6) is 0 Å². The highest BCUT2D eigenvalue weighted by Gasteiger charge is 2.23. The van der Waals surface area contributed by atoms with E-state index < -0.39 is 0 Å².